The van der Waals surface area contributed by atoms with Crippen molar-refractivity contribution in [3.05, 3.63) is 63.0 Å². The first-order valence-electron chi connectivity index (χ1n) is 7.69. The number of aromatic nitrogens is 3. The van der Waals surface area contributed by atoms with Crippen molar-refractivity contribution in [1.82, 2.24) is 15.0 Å². The van der Waals surface area contributed by atoms with Crippen molar-refractivity contribution in [2.45, 2.75) is 20.4 Å². The monoisotopic (exact) mass is 336 g/mol. The zero-order valence-electron chi connectivity index (χ0n) is 13.4. The van der Waals surface area contributed by atoms with E-state index in [-0.39, 0.29) is 5.56 Å². The summed E-state index contributed by atoms with van der Waals surface area (Å²) in [5.41, 5.74) is 2.86. The lowest BCUT2D eigenvalue weighted by Crippen LogP contribution is -2.10. The van der Waals surface area contributed by atoms with E-state index in [4.69, 9.17) is 0 Å². The Hall–Kier alpha value is -2.73. The maximum absolute atomic E-state index is 11.9. The molecule has 0 saturated carbocycles. The molecule has 1 aromatic carbocycles. The number of anilines is 1. The molecule has 24 heavy (non-hydrogen) atoms. The lowest BCUT2D eigenvalue weighted by atomic mass is 10.1. The highest BCUT2D eigenvalue weighted by Gasteiger charge is 2.11. The normalized spacial score (nSPS) is 11.2. The molecule has 4 rings (SSSR count). The summed E-state index contributed by atoms with van der Waals surface area (Å²) < 4.78 is 0. The van der Waals surface area contributed by atoms with Gasteiger partial charge in [0.1, 0.15) is 16.5 Å². The van der Waals surface area contributed by atoms with Crippen molar-refractivity contribution >= 4 is 38.3 Å². The SMILES string of the molecule is Cc1nc(NCc2cc(=O)[nH]c3ccccc23)c2c(C)csc2n1. The van der Waals surface area contributed by atoms with Crippen LogP contribution >= 0.6 is 11.3 Å². The molecular weight excluding hydrogens is 320 g/mol. The van der Waals surface area contributed by atoms with E-state index in [0.29, 0.717) is 6.54 Å². The molecule has 0 atom stereocenters. The van der Waals surface area contributed by atoms with Crippen molar-refractivity contribution in [2.24, 2.45) is 0 Å². The third-order valence-electron chi connectivity index (χ3n) is 4.01. The van der Waals surface area contributed by atoms with Crippen LogP contribution in [0.1, 0.15) is 17.0 Å². The number of hydrogen-bond donors (Lipinski definition) is 2. The van der Waals surface area contributed by atoms with Crippen LogP contribution in [-0.2, 0) is 6.54 Å². The minimum Gasteiger partial charge on any atom is -0.365 e. The summed E-state index contributed by atoms with van der Waals surface area (Å²) in [5, 5.41) is 7.57. The third-order valence-corrected chi connectivity index (χ3v) is 5.00. The maximum Gasteiger partial charge on any atom is 0.248 e. The van der Waals surface area contributed by atoms with Gasteiger partial charge in [-0.2, -0.15) is 0 Å². The molecule has 0 saturated heterocycles. The van der Waals surface area contributed by atoms with E-state index in [1.54, 1.807) is 17.4 Å². The summed E-state index contributed by atoms with van der Waals surface area (Å²) in [6, 6.07) is 9.46. The molecule has 0 aliphatic carbocycles. The van der Waals surface area contributed by atoms with Gasteiger partial charge < -0.3 is 10.3 Å². The Morgan fingerprint density at radius 1 is 1.21 bits per heavy atom. The molecule has 6 heteroatoms. The van der Waals surface area contributed by atoms with Gasteiger partial charge in [0.25, 0.3) is 0 Å². The van der Waals surface area contributed by atoms with Crippen LogP contribution in [-0.4, -0.2) is 15.0 Å². The fourth-order valence-corrected chi connectivity index (χ4v) is 3.89. The van der Waals surface area contributed by atoms with Crippen LogP contribution in [0.2, 0.25) is 0 Å². The number of para-hydroxylation sites is 1. The first-order chi connectivity index (χ1) is 11.6. The van der Waals surface area contributed by atoms with E-state index in [0.717, 1.165) is 43.9 Å². The average Bonchev–Trinajstić information content (AvgIpc) is 2.93. The van der Waals surface area contributed by atoms with Gasteiger partial charge in [-0.3, -0.25) is 4.79 Å². The highest BCUT2D eigenvalue weighted by Crippen LogP contribution is 2.29. The van der Waals surface area contributed by atoms with Crippen LogP contribution in [0.3, 0.4) is 0 Å². The van der Waals surface area contributed by atoms with E-state index in [9.17, 15) is 4.79 Å². The number of pyridine rings is 1. The summed E-state index contributed by atoms with van der Waals surface area (Å²) in [6.45, 7) is 4.49. The molecule has 0 aliphatic rings. The Kier molecular flexibility index (Phi) is 3.54. The van der Waals surface area contributed by atoms with E-state index in [2.05, 4.69) is 32.6 Å². The summed E-state index contributed by atoms with van der Waals surface area (Å²) >= 11 is 1.62. The first-order valence-corrected chi connectivity index (χ1v) is 8.57. The lowest BCUT2D eigenvalue weighted by molar-refractivity contribution is 1.05. The highest BCUT2D eigenvalue weighted by molar-refractivity contribution is 7.17. The highest BCUT2D eigenvalue weighted by atomic mass is 32.1. The second-order valence-corrected chi connectivity index (χ2v) is 6.63. The largest absolute Gasteiger partial charge is 0.365 e. The second kappa shape index (κ2) is 5.72. The van der Waals surface area contributed by atoms with Gasteiger partial charge in [0.05, 0.1) is 5.39 Å². The van der Waals surface area contributed by atoms with Crippen LogP contribution in [0.4, 0.5) is 5.82 Å². The number of fused-ring (bicyclic) bond motifs is 2. The fourth-order valence-electron chi connectivity index (χ4n) is 2.92. The molecule has 120 valence electrons. The molecular formula is C18H16N4OS. The number of rotatable bonds is 3. The van der Waals surface area contributed by atoms with Gasteiger partial charge in [-0.15, -0.1) is 11.3 Å². The van der Waals surface area contributed by atoms with Gasteiger partial charge in [-0.05, 0) is 36.4 Å². The average molecular weight is 336 g/mol. The molecule has 0 spiro atoms. The van der Waals surface area contributed by atoms with Crippen molar-refractivity contribution in [3.63, 3.8) is 0 Å². The number of hydrogen-bond acceptors (Lipinski definition) is 5. The van der Waals surface area contributed by atoms with Gasteiger partial charge in [-0.25, -0.2) is 9.97 Å². The Labute approximate surface area is 142 Å². The van der Waals surface area contributed by atoms with Gasteiger partial charge >= 0.3 is 0 Å². The van der Waals surface area contributed by atoms with Gasteiger partial charge in [0, 0.05) is 23.5 Å². The van der Waals surface area contributed by atoms with Crippen molar-refractivity contribution in [2.75, 3.05) is 5.32 Å². The zero-order valence-corrected chi connectivity index (χ0v) is 14.2. The van der Waals surface area contributed by atoms with E-state index < -0.39 is 0 Å². The van der Waals surface area contributed by atoms with Crippen LogP contribution < -0.4 is 10.9 Å². The predicted octanol–water partition coefficient (Wildman–Crippen LogP) is 3.76. The maximum atomic E-state index is 11.9. The third kappa shape index (κ3) is 2.55. The number of thiophene rings is 1. The van der Waals surface area contributed by atoms with E-state index >= 15 is 0 Å². The quantitative estimate of drug-likeness (QED) is 0.597. The van der Waals surface area contributed by atoms with Crippen molar-refractivity contribution in [3.8, 4) is 0 Å². The van der Waals surface area contributed by atoms with Crippen molar-refractivity contribution < 1.29 is 0 Å². The molecule has 0 bridgehead atoms. The molecule has 0 fully saturated rings. The van der Waals surface area contributed by atoms with Crippen LogP contribution in [0.25, 0.3) is 21.1 Å². The molecule has 3 aromatic heterocycles. The molecule has 3 heterocycles. The Morgan fingerprint density at radius 3 is 2.92 bits per heavy atom. The Morgan fingerprint density at radius 2 is 2.04 bits per heavy atom. The number of aromatic amines is 1. The minimum atomic E-state index is -0.0961. The second-order valence-electron chi connectivity index (χ2n) is 5.78. The zero-order chi connectivity index (χ0) is 16.7. The topological polar surface area (TPSA) is 70.7 Å². The molecule has 4 aromatic rings. The molecule has 5 nitrogen and oxygen atoms in total. The van der Waals surface area contributed by atoms with Crippen LogP contribution in [0, 0.1) is 13.8 Å². The summed E-state index contributed by atoms with van der Waals surface area (Å²) in [7, 11) is 0. The van der Waals surface area contributed by atoms with E-state index in [1.807, 2.05) is 31.2 Å². The fraction of sp³-hybridized carbons (Fsp3) is 0.167. The first kappa shape index (κ1) is 14.8. The molecule has 0 aliphatic heterocycles. The number of H-pyrrole nitrogens is 1. The molecule has 0 radical (unpaired) electrons. The number of benzene rings is 1. The Bertz CT molecular complexity index is 1110. The Balaban J connectivity index is 1.76. The molecule has 0 amide bonds. The summed E-state index contributed by atoms with van der Waals surface area (Å²) in [4.78, 5) is 24.8. The minimum absolute atomic E-state index is 0.0961. The smallest absolute Gasteiger partial charge is 0.248 e. The van der Waals surface area contributed by atoms with Gasteiger partial charge in [0.2, 0.25) is 5.56 Å². The number of nitrogens with zero attached hydrogens (tertiary/aromatic N) is 2. The van der Waals surface area contributed by atoms with Crippen LogP contribution in [0.5, 0.6) is 0 Å². The lowest BCUT2D eigenvalue weighted by Gasteiger charge is -2.10. The van der Waals surface area contributed by atoms with E-state index in [1.165, 1.54) is 0 Å². The summed E-state index contributed by atoms with van der Waals surface area (Å²) in [6.07, 6.45) is 0. The van der Waals surface area contributed by atoms with Crippen LogP contribution in [0.15, 0.2) is 40.5 Å². The summed E-state index contributed by atoms with van der Waals surface area (Å²) in [5.74, 6) is 1.56. The van der Waals surface area contributed by atoms with Gasteiger partial charge in [0.15, 0.2) is 0 Å². The van der Waals surface area contributed by atoms with Gasteiger partial charge in [-0.1, -0.05) is 18.2 Å². The number of aryl methyl sites for hydroxylation is 2. The van der Waals surface area contributed by atoms with Crippen molar-refractivity contribution in [1.29, 1.82) is 0 Å². The predicted molar refractivity (Wildman–Crippen MR) is 98.8 cm³/mol. The molecule has 0 unspecified atom stereocenters. The molecule has 2 N–H and O–H groups in total. The standard InChI is InChI=1S/C18H16N4OS/c1-10-9-24-18-16(10)17(20-11(2)21-18)19-8-12-7-15(23)22-14-6-4-3-5-13(12)14/h3-7,9H,8H2,1-2H3,(H,22,23)(H,19,20,21). The number of nitrogens with one attached hydrogen (secondary N) is 2.